The molecule has 1 atom stereocenters. The van der Waals surface area contributed by atoms with E-state index in [2.05, 4.69) is 0 Å². The minimum atomic E-state index is -0.959. The van der Waals surface area contributed by atoms with Crippen LogP contribution in [0.4, 0.5) is 0 Å². The van der Waals surface area contributed by atoms with Gasteiger partial charge >= 0.3 is 5.97 Å². The van der Waals surface area contributed by atoms with E-state index >= 15 is 0 Å². The van der Waals surface area contributed by atoms with Crippen molar-refractivity contribution in [1.29, 1.82) is 0 Å². The summed E-state index contributed by atoms with van der Waals surface area (Å²) in [5.41, 5.74) is 0.945. The molecule has 0 radical (unpaired) electrons. The van der Waals surface area contributed by atoms with Crippen LogP contribution < -0.4 is 4.74 Å². The minimum Gasteiger partial charge on any atom is -0.508 e. The van der Waals surface area contributed by atoms with Crippen LogP contribution in [0.5, 0.6) is 11.5 Å². The van der Waals surface area contributed by atoms with Crippen LogP contribution in [0.3, 0.4) is 0 Å². The Morgan fingerprint density at radius 3 is 3.00 bits per heavy atom. The van der Waals surface area contributed by atoms with Gasteiger partial charge in [0.05, 0.1) is 0 Å². The number of rotatable bonds is 1. The summed E-state index contributed by atoms with van der Waals surface area (Å²) in [6.07, 6.45) is 0.365. The summed E-state index contributed by atoms with van der Waals surface area (Å²) >= 11 is 0. The zero-order chi connectivity index (χ0) is 10.1. The molecule has 0 aromatic heterocycles. The van der Waals surface area contributed by atoms with Crippen molar-refractivity contribution in [3.63, 3.8) is 0 Å². The first-order chi connectivity index (χ1) is 6.66. The van der Waals surface area contributed by atoms with E-state index in [1.165, 1.54) is 6.07 Å². The third kappa shape index (κ3) is 1.51. The molecular weight excluding hydrogens is 184 g/mol. The van der Waals surface area contributed by atoms with Gasteiger partial charge < -0.3 is 14.9 Å². The third-order valence-corrected chi connectivity index (χ3v) is 2.27. The first-order valence-electron chi connectivity index (χ1n) is 4.38. The largest absolute Gasteiger partial charge is 0.508 e. The maximum absolute atomic E-state index is 10.7. The highest BCUT2D eigenvalue weighted by Gasteiger charge is 2.25. The Morgan fingerprint density at radius 2 is 2.29 bits per heavy atom. The van der Waals surface area contributed by atoms with Gasteiger partial charge in [-0.3, -0.25) is 0 Å². The van der Waals surface area contributed by atoms with E-state index in [0.717, 1.165) is 5.56 Å². The molecule has 2 N–H and O–H groups in total. The molecule has 0 saturated carbocycles. The van der Waals surface area contributed by atoms with E-state index in [4.69, 9.17) is 9.84 Å². The van der Waals surface area contributed by atoms with Crippen LogP contribution in [0, 0.1) is 0 Å². The Kier molecular flexibility index (Phi) is 2.04. The second-order valence-electron chi connectivity index (χ2n) is 3.28. The highest BCUT2D eigenvalue weighted by Crippen LogP contribution is 2.30. The Hall–Kier alpha value is -1.71. The van der Waals surface area contributed by atoms with Crippen molar-refractivity contribution in [2.75, 3.05) is 0 Å². The van der Waals surface area contributed by atoms with Crippen molar-refractivity contribution < 1.29 is 19.7 Å². The smallest absolute Gasteiger partial charge is 0.344 e. The van der Waals surface area contributed by atoms with Crippen LogP contribution in [0.25, 0.3) is 0 Å². The molecule has 1 aromatic rings. The molecule has 0 amide bonds. The average Bonchev–Trinajstić information content (AvgIpc) is 2.16. The van der Waals surface area contributed by atoms with E-state index in [9.17, 15) is 9.90 Å². The molecular formula is C10H10O4. The van der Waals surface area contributed by atoms with Crippen molar-refractivity contribution in [1.82, 2.24) is 0 Å². The Labute approximate surface area is 80.7 Å². The Morgan fingerprint density at radius 1 is 1.50 bits per heavy atom. The van der Waals surface area contributed by atoms with Gasteiger partial charge in [-0.2, -0.15) is 0 Å². The Balaban J connectivity index is 2.29. The SMILES string of the molecule is O=C(O)[C@H]1CCc2ccc(O)cc2O1. The molecule has 0 aliphatic carbocycles. The lowest BCUT2D eigenvalue weighted by Gasteiger charge is -2.22. The van der Waals surface area contributed by atoms with E-state index in [-0.39, 0.29) is 5.75 Å². The fraction of sp³-hybridized carbons (Fsp3) is 0.300. The van der Waals surface area contributed by atoms with Crippen molar-refractivity contribution in [3.05, 3.63) is 23.8 Å². The monoisotopic (exact) mass is 194 g/mol. The summed E-state index contributed by atoms with van der Waals surface area (Å²) in [6.45, 7) is 0. The Bertz CT molecular complexity index is 372. The van der Waals surface area contributed by atoms with Crippen LogP contribution in [0.15, 0.2) is 18.2 Å². The molecule has 0 fully saturated rings. The van der Waals surface area contributed by atoms with Crippen molar-refractivity contribution in [2.45, 2.75) is 18.9 Å². The summed E-state index contributed by atoms with van der Waals surface area (Å²) in [5, 5.41) is 17.9. The molecule has 1 aliphatic rings. The fourth-order valence-electron chi connectivity index (χ4n) is 1.53. The van der Waals surface area contributed by atoms with E-state index in [1.807, 2.05) is 0 Å². The maximum atomic E-state index is 10.7. The van der Waals surface area contributed by atoms with Crippen LogP contribution in [-0.4, -0.2) is 22.3 Å². The second-order valence-corrected chi connectivity index (χ2v) is 3.28. The number of hydrogen-bond acceptors (Lipinski definition) is 3. The van der Waals surface area contributed by atoms with Crippen molar-refractivity contribution in [2.24, 2.45) is 0 Å². The van der Waals surface area contributed by atoms with E-state index in [1.54, 1.807) is 12.1 Å². The van der Waals surface area contributed by atoms with Gasteiger partial charge in [0, 0.05) is 6.07 Å². The standard InChI is InChI=1S/C10H10O4/c11-7-3-1-6-2-4-8(10(12)13)14-9(6)5-7/h1,3,5,8,11H,2,4H2,(H,12,13)/t8-/m1/s1. The number of aryl methyl sites for hydroxylation is 1. The first-order valence-corrected chi connectivity index (χ1v) is 4.38. The molecule has 4 heteroatoms. The molecule has 2 rings (SSSR count). The minimum absolute atomic E-state index is 0.0924. The lowest BCUT2D eigenvalue weighted by Crippen LogP contribution is -2.30. The summed E-state index contributed by atoms with van der Waals surface area (Å²) in [6, 6.07) is 4.77. The van der Waals surface area contributed by atoms with E-state index in [0.29, 0.717) is 18.6 Å². The number of phenols is 1. The number of hydrogen-bond donors (Lipinski definition) is 2. The molecule has 1 heterocycles. The van der Waals surface area contributed by atoms with Crippen LogP contribution in [0.1, 0.15) is 12.0 Å². The van der Waals surface area contributed by atoms with Crippen LogP contribution >= 0.6 is 0 Å². The number of carboxylic acid groups (broad SMARTS) is 1. The summed E-state index contributed by atoms with van der Waals surface area (Å²) < 4.78 is 5.21. The van der Waals surface area contributed by atoms with Crippen molar-refractivity contribution in [3.8, 4) is 11.5 Å². The highest BCUT2D eigenvalue weighted by atomic mass is 16.5. The van der Waals surface area contributed by atoms with Gasteiger partial charge in [0.2, 0.25) is 0 Å². The highest BCUT2D eigenvalue weighted by molar-refractivity contribution is 5.73. The number of carbonyl (C=O) groups is 1. The quantitative estimate of drug-likeness (QED) is 0.704. The lowest BCUT2D eigenvalue weighted by molar-refractivity contribution is -0.145. The molecule has 0 saturated heterocycles. The third-order valence-electron chi connectivity index (χ3n) is 2.27. The first kappa shape index (κ1) is 8.87. The molecule has 14 heavy (non-hydrogen) atoms. The summed E-state index contributed by atoms with van der Waals surface area (Å²) in [7, 11) is 0. The van der Waals surface area contributed by atoms with Gasteiger partial charge in [-0.25, -0.2) is 4.79 Å². The molecule has 0 bridgehead atoms. The molecule has 74 valence electrons. The number of carboxylic acids is 1. The van der Waals surface area contributed by atoms with Gasteiger partial charge in [0.15, 0.2) is 6.10 Å². The van der Waals surface area contributed by atoms with E-state index < -0.39 is 12.1 Å². The van der Waals surface area contributed by atoms with Crippen LogP contribution in [0.2, 0.25) is 0 Å². The van der Waals surface area contributed by atoms with Gasteiger partial charge in [0.25, 0.3) is 0 Å². The second kappa shape index (κ2) is 3.21. The summed E-state index contributed by atoms with van der Waals surface area (Å²) in [5.74, 6) is -0.391. The predicted octanol–water partition coefficient (Wildman–Crippen LogP) is 1.17. The zero-order valence-corrected chi connectivity index (χ0v) is 7.43. The van der Waals surface area contributed by atoms with Crippen LogP contribution in [-0.2, 0) is 11.2 Å². The van der Waals surface area contributed by atoms with Gasteiger partial charge in [-0.1, -0.05) is 6.07 Å². The number of benzene rings is 1. The average molecular weight is 194 g/mol. The molecule has 1 aromatic carbocycles. The molecule has 1 aliphatic heterocycles. The lowest BCUT2D eigenvalue weighted by atomic mass is 10.0. The normalized spacial score (nSPS) is 19.6. The number of ether oxygens (including phenoxy) is 1. The number of phenolic OH excluding ortho intramolecular Hbond substituents is 1. The fourth-order valence-corrected chi connectivity index (χ4v) is 1.53. The number of aliphatic carboxylic acids is 1. The van der Waals surface area contributed by atoms with Crippen molar-refractivity contribution >= 4 is 5.97 Å². The van der Waals surface area contributed by atoms with Gasteiger partial charge in [-0.05, 0) is 24.5 Å². The molecule has 0 unspecified atom stereocenters. The van der Waals surface area contributed by atoms with Gasteiger partial charge in [-0.15, -0.1) is 0 Å². The number of aromatic hydroxyl groups is 1. The number of fused-ring (bicyclic) bond motifs is 1. The molecule has 4 nitrogen and oxygen atoms in total. The zero-order valence-electron chi connectivity index (χ0n) is 7.43. The predicted molar refractivity (Wildman–Crippen MR) is 48.5 cm³/mol. The maximum Gasteiger partial charge on any atom is 0.344 e. The topological polar surface area (TPSA) is 66.8 Å². The molecule has 0 spiro atoms. The summed E-state index contributed by atoms with van der Waals surface area (Å²) in [4.78, 5) is 10.7. The van der Waals surface area contributed by atoms with Gasteiger partial charge in [0.1, 0.15) is 11.5 Å².